The van der Waals surface area contributed by atoms with Crippen molar-refractivity contribution in [1.82, 2.24) is 5.32 Å². The van der Waals surface area contributed by atoms with Gasteiger partial charge in [0.1, 0.15) is 0 Å². The Bertz CT molecular complexity index is 1210. The molecule has 6 atom stereocenters. The molecule has 2 bridgehead atoms. The second kappa shape index (κ2) is 7.31. The number of rotatable bonds is 3. The van der Waals surface area contributed by atoms with Crippen LogP contribution in [0.1, 0.15) is 83.6 Å². The summed E-state index contributed by atoms with van der Waals surface area (Å²) in [5, 5.41) is 6.57. The van der Waals surface area contributed by atoms with Gasteiger partial charge >= 0.3 is 0 Å². The van der Waals surface area contributed by atoms with E-state index in [1.807, 2.05) is 0 Å². The topological polar surface area (TPSA) is 21.3 Å². The molecule has 3 fully saturated rings. The molecule has 2 heteroatoms. The van der Waals surface area contributed by atoms with Crippen molar-refractivity contribution in [1.29, 1.82) is 0 Å². The van der Waals surface area contributed by atoms with Gasteiger partial charge in [0.15, 0.2) is 0 Å². The van der Waals surface area contributed by atoms with Gasteiger partial charge in [0.25, 0.3) is 0 Å². The molecule has 1 N–H and O–H groups in total. The summed E-state index contributed by atoms with van der Waals surface area (Å²) in [4.78, 5) is 0. The fourth-order valence-corrected chi connectivity index (χ4v) is 8.99. The van der Waals surface area contributed by atoms with E-state index in [9.17, 15) is 0 Å². The molecule has 2 aromatic rings. The predicted molar refractivity (Wildman–Crippen MR) is 140 cm³/mol. The summed E-state index contributed by atoms with van der Waals surface area (Å²) in [5.41, 5.74) is 4.88. The van der Waals surface area contributed by atoms with Gasteiger partial charge in [0, 0.05) is 12.1 Å². The molecule has 34 heavy (non-hydrogen) atoms. The third-order valence-electron chi connectivity index (χ3n) is 10.4. The highest BCUT2D eigenvalue weighted by atomic mass is 16.5. The van der Waals surface area contributed by atoms with Crippen LogP contribution in [0, 0.1) is 11.3 Å². The molecule has 5 aliphatic rings. The third-order valence-corrected chi connectivity index (χ3v) is 10.4. The average molecular weight is 454 g/mol. The molecule has 0 radical (unpaired) electrons. The number of ether oxygens (including phenoxy) is 1. The van der Waals surface area contributed by atoms with E-state index in [2.05, 4.69) is 80.7 Å². The van der Waals surface area contributed by atoms with Crippen molar-refractivity contribution in [2.24, 2.45) is 11.3 Å². The Kier molecular flexibility index (Phi) is 4.60. The van der Waals surface area contributed by atoms with E-state index in [1.165, 1.54) is 66.9 Å². The van der Waals surface area contributed by atoms with Gasteiger partial charge in [-0.1, -0.05) is 75.4 Å². The van der Waals surface area contributed by atoms with Crippen molar-refractivity contribution in [2.45, 2.75) is 101 Å². The number of allylic oxidation sites excluding steroid dienone is 1. The Hall–Kier alpha value is -1.90. The summed E-state index contributed by atoms with van der Waals surface area (Å²) in [5.74, 6) is 1.23. The second-order valence-electron chi connectivity index (χ2n) is 12.6. The lowest BCUT2D eigenvalue weighted by Crippen LogP contribution is -2.55. The zero-order chi connectivity index (χ0) is 23.1. The molecule has 7 rings (SSSR count). The highest BCUT2D eigenvalue weighted by molar-refractivity contribution is 5.83. The number of hydrogen-bond acceptors (Lipinski definition) is 2. The number of hydrogen-bond donors (Lipinski definition) is 1. The van der Waals surface area contributed by atoms with Crippen LogP contribution < -0.4 is 5.32 Å². The molecule has 2 unspecified atom stereocenters. The van der Waals surface area contributed by atoms with Gasteiger partial charge in [-0.25, -0.2) is 0 Å². The number of nitrogens with one attached hydrogen (secondary N) is 1. The maximum atomic E-state index is 7.45. The zero-order valence-corrected chi connectivity index (χ0v) is 21.1. The van der Waals surface area contributed by atoms with E-state index >= 15 is 0 Å². The minimum atomic E-state index is -0.0538. The lowest BCUT2D eigenvalue weighted by atomic mass is 9.58. The lowest BCUT2D eigenvalue weighted by molar-refractivity contribution is -0.136. The molecule has 2 aliphatic heterocycles. The Morgan fingerprint density at radius 3 is 2.71 bits per heavy atom. The molecule has 2 saturated carbocycles. The zero-order valence-electron chi connectivity index (χ0n) is 21.1. The van der Waals surface area contributed by atoms with E-state index < -0.39 is 0 Å². The molecule has 3 aliphatic carbocycles. The summed E-state index contributed by atoms with van der Waals surface area (Å²) >= 11 is 0. The van der Waals surface area contributed by atoms with Crippen molar-refractivity contribution in [2.75, 3.05) is 0 Å². The maximum absolute atomic E-state index is 7.45. The molecular weight excluding hydrogens is 414 g/mol. The first-order valence-electron chi connectivity index (χ1n) is 13.8. The highest BCUT2D eigenvalue weighted by Crippen LogP contribution is 2.69. The molecule has 1 saturated heterocycles. The van der Waals surface area contributed by atoms with Crippen molar-refractivity contribution in [3.8, 4) is 0 Å². The SMILES string of the molecule is CC(C)N[C@H]1CCC2=CC3=CC[C@]4(C)C(c5ccc6ccccc6c5)CC[C@H]4C34CC[C@]2(C1)O4. The smallest absolute Gasteiger partial charge is 0.0974 e. The Morgan fingerprint density at radius 2 is 1.85 bits per heavy atom. The van der Waals surface area contributed by atoms with Crippen LogP contribution in [0.3, 0.4) is 0 Å². The Balaban J connectivity index is 1.25. The van der Waals surface area contributed by atoms with Crippen molar-refractivity contribution < 1.29 is 4.74 Å². The first-order valence-corrected chi connectivity index (χ1v) is 13.8. The average Bonchev–Trinajstić information content (AvgIpc) is 3.33. The summed E-state index contributed by atoms with van der Waals surface area (Å²) < 4.78 is 7.45. The fraction of sp³-hybridized carbons (Fsp3) is 0.562. The van der Waals surface area contributed by atoms with Gasteiger partial charge in [-0.05, 0) is 96.1 Å². The summed E-state index contributed by atoms with van der Waals surface area (Å²) in [6, 6.07) is 17.2. The van der Waals surface area contributed by atoms with E-state index in [0.29, 0.717) is 23.9 Å². The second-order valence-corrected chi connectivity index (χ2v) is 12.6. The van der Waals surface area contributed by atoms with Crippen LogP contribution in [-0.2, 0) is 4.74 Å². The van der Waals surface area contributed by atoms with Gasteiger partial charge in [-0.2, -0.15) is 0 Å². The molecule has 2 nitrogen and oxygen atoms in total. The Morgan fingerprint density at radius 1 is 1.00 bits per heavy atom. The van der Waals surface area contributed by atoms with Crippen LogP contribution >= 0.6 is 0 Å². The first kappa shape index (κ1) is 21.4. The third kappa shape index (κ3) is 2.88. The van der Waals surface area contributed by atoms with Crippen LogP contribution in [0.4, 0.5) is 0 Å². The van der Waals surface area contributed by atoms with Crippen molar-refractivity contribution in [3.63, 3.8) is 0 Å². The molecular formula is C32H39NO. The molecule has 0 aromatic heterocycles. The number of fused-ring (bicyclic) bond motifs is 2. The first-order chi connectivity index (χ1) is 16.4. The van der Waals surface area contributed by atoms with E-state index in [1.54, 1.807) is 5.57 Å². The largest absolute Gasteiger partial charge is 0.359 e. The van der Waals surface area contributed by atoms with Crippen LogP contribution in [0.2, 0.25) is 0 Å². The van der Waals surface area contributed by atoms with E-state index in [4.69, 9.17) is 4.74 Å². The van der Waals surface area contributed by atoms with Gasteiger partial charge in [0.05, 0.1) is 11.2 Å². The normalized spacial score (nSPS) is 40.5. The molecule has 2 spiro atoms. The Labute approximate surface area is 204 Å². The molecule has 2 aromatic carbocycles. The quantitative estimate of drug-likeness (QED) is 0.521. The lowest BCUT2D eigenvalue weighted by Gasteiger charge is -2.54. The van der Waals surface area contributed by atoms with Gasteiger partial charge in [-0.3, -0.25) is 0 Å². The van der Waals surface area contributed by atoms with Gasteiger partial charge in [-0.15, -0.1) is 0 Å². The predicted octanol–water partition coefficient (Wildman–Crippen LogP) is 7.45. The van der Waals surface area contributed by atoms with Crippen molar-refractivity contribution in [3.05, 3.63) is 71.3 Å². The standard InChI is InChI=1S/C32H39NO/c1-21(2)33-27-11-10-25-19-26-14-15-30(3)28(24-9-8-22-6-4-5-7-23(22)18-24)12-13-29(30)32(26)17-16-31(25,20-27)34-32/h4-9,14,18-19,21,27-29,33H,10-13,15-17,20H2,1-3H3/t27-,28?,29+,30+,31+,32?/m0/s1. The van der Waals surface area contributed by atoms with E-state index in [0.717, 1.165) is 6.42 Å². The maximum Gasteiger partial charge on any atom is 0.0974 e. The molecule has 2 heterocycles. The fourth-order valence-electron chi connectivity index (χ4n) is 8.99. The number of benzene rings is 2. The van der Waals surface area contributed by atoms with Crippen LogP contribution in [0.15, 0.2) is 65.8 Å². The minimum Gasteiger partial charge on any atom is -0.359 e. The summed E-state index contributed by atoms with van der Waals surface area (Å²) in [7, 11) is 0. The van der Waals surface area contributed by atoms with Crippen LogP contribution in [0.25, 0.3) is 10.8 Å². The van der Waals surface area contributed by atoms with Gasteiger partial charge < -0.3 is 10.1 Å². The summed E-state index contributed by atoms with van der Waals surface area (Å²) in [6.45, 7) is 7.14. The van der Waals surface area contributed by atoms with Crippen LogP contribution in [0.5, 0.6) is 0 Å². The van der Waals surface area contributed by atoms with Gasteiger partial charge in [0.2, 0.25) is 0 Å². The molecule has 0 amide bonds. The van der Waals surface area contributed by atoms with Crippen molar-refractivity contribution >= 4 is 10.8 Å². The molecule has 178 valence electrons. The monoisotopic (exact) mass is 453 g/mol. The highest BCUT2D eigenvalue weighted by Gasteiger charge is 2.66. The van der Waals surface area contributed by atoms with E-state index in [-0.39, 0.29) is 16.6 Å². The minimum absolute atomic E-state index is 0.0125. The van der Waals surface area contributed by atoms with Crippen LogP contribution in [-0.4, -0.2) is 23.3 Å². The summed E-state index contributed by atoms with van der Waals surface area (Å²) in [6.07, 6.45) is 15.0.